The van der Waals surface area contributed by atoms with Crippen LogP contribution in [0.1, 0.15) is 40.0 Å². The molecule has 0 aliphatic carbocycles. The first-order valence-electron chi connectivity index (χ1n) is 6.50. The molecule has 1 saturated heterocycles. The molecule has 1 aliphatic rings. The van der Waals surface area contributed by atoms with Gasteiger partial charge in [0.2, 0.25) is 0 Å². The van der Waals surface area contributed by atoms with Crippen LogP contribution >= 0.6 is 0 Å². The molecule has 0 aromatic carbocycles. The van der Waals surface area contributed by atoms with Crippen molar-refractivity contribution in [3.63, 3.8) is 0 Å². The Balaban J connectivity index is 2.21. The first-order valence-corrected chi connectivity index (χ1v) is 6.50. The fraction of sp³-hybridized carbons (Fsp3) is 1.00. The summed E-state index contributed by atoms with van der Waals surface area (Å²) in [5.41, 5.74) is -0.573. The van der Waals surface area contributed by atoms with Crippen LogP contribution in [0.5, 0.6) is 0 Å². The van der Waals surface area contributed by atoms with Gasteiger partial charge in [0.25, 0.3) is 0 Å². The number of aliphatic hydroxyl groups is 1. The summed E-state index contributed by atoms with van der Waals surface area (Å²) in [5.74, 6) is 1.27. The van der Waals surface area contributed by atoms with Crippen LogP contribution in [-0.4, -0.2) is 37.0 Å². The molecule has 1 rings (SSSR count). The molecule has 1 unspecified atom stereocenters. The number of hydrogen-bond acceptors (Lipinski definition) is 3. The van der Waals surface area contributed by atoms with Crippen LogP contribution in [-0.2, 0) is 4.74 Å². The zero-order chi connectivity index (χ0) is 12.0. The molecular formula is C13H27NO2. The predicted octanol–water partition coefficient (Wildman–Crippen LogP) is 1.80. The van der Waals surface area contributed by atoms with Crippen LogP contribution in [0.2, 0.25) is 0 Å². The lowest BCUT2D eigenvalue weighted by molar-refractivity contribution is 0.000457. The van der Waals surface area contributed by atoms with Gasteiger partial charge < -0.3 is 15.2 Å². The van der Waals surface area contributed by atoms with Crippen LogP contribution in [0.4, 0.5) is 0 Å². The first-order chi connectivity index (χ1) is 7.49. The van der Waals surface area contributed by atoms with Crippen molar-refractivity contribution in [2.24, 2.45) is 11.8 Å². The van der Waals surface area contributed by atoms with Crippen molar-refractivity contribution in [2.45, 2.75) is 45.6 Å². The van der Waals surface area contributed by atoms with E-state index in [9.17, 15) is 5.11 Å². The average Bonchev–Trinajstić information content (AvgIpc) is 2.17. The molecule has 3 heteroatoms. The zero-order valence-electron chi connectivity index (χ0n) is 11.0. The van der Waals surface area contributed by atoms with Gasteiger partial charge in [-0.1, -0.05) is 13.8 Å². The summed E-state index contributed by atoms with van der Waals surface area (Å²) in [5, 5.41) is 13.6. The minimum atomic E-state index is -0.573. The van der Waals surface area contributed by atoms with E-state index < -0.39 is 5.60 Å². The van der Waals surface area contributed by atoms with Crippen molar-refractivity contribution < 1.29 is 9.84 Å². The van der Waals surface area contributed by atoms with Crippen molar-refractivity contribution in [3.8, 4) is 0 Å². The monoisotopic (exact) mass is 229 g/mol. The topological polar surface area (TPSA) is 41.5 Å². The molecule has 0 saturated carbocycles. The Morgan fingerprint density at radius 3 is 2.56 bits per heavy atom. The molecule has 0 radical (unpaired) electrons. The van der Waals surface area contributed by atoms with Crippen molar-refractivity contribution in [1.29, 1.82) is 0 Å². The molecule has 0 bridgehead atoms. The van der Waals surface area contributed by atoms with Crippen LogP contribution in [0.15, 0.2) is 0 Å². The van der Waals surface area contributed by atoms with Gasteiger partial charge >= 0.3 is 0 Å². The van der Waals surface area contributed by atoms with E-state index in [0.717, 1.165) is 39.0 Å². The smallest absolute Gasteiger partial charge is 0.0746 e. The van der Waals surface area contributed by atoms with E-state index in [-0.39, 0.29) is 0 Å². The second-order valence-corrected chi connectivity index (χ2v) is 5.78. The zero-order valence-corrected chi connectivity index (χ0v) is 11.0. The Bertz CT molecular complexity index is 186. The van der Waals surface area contributed by atoms with E-state index in [1.165, 1.54) is 0 Å². The second kappa shape index (κ2) is 6.58. The predicted molar refractivity (Wildman–Crippen MR) is 66.5 cm³/mol. The number of nitrogens with one attached hydrogen (secondary N) is 1. The molecule has 0 aromatic rings. The van der Waals surface area contributed by atoms with E-state index in [0.29, 0.717) is 18.4 Å². The summed E-state index contributed by atoms with van der Waals surface area (Å²) in [6, 6.07) is 0. The van der Waals surface area contributed by atoms with Gasteiger partial charge in [-0.25, -0.2) is 0 Å². The molecule has 1 atom stereocenters. The molecule has 2 N–H and O–H groups in total. The fourth-order valence-corrected chi connectivity index (χ4v) is 2.27. The Morgan fingerprint density at radius 1 is 1.38 bits per heavy atom. The third-order valence-corrected chi connectivity index (χ3v) is 3.13. The first kappa shape index (κ1) is 13.9. The number of ether oxygens (including phenoxy) is 1. The lowest BCUT2D eigenvalue weighted by Crippen LogP contribution is -2.41. The third kappa shape index (κ3) is 5.83. The second-order valence-electron chi connectivity index (χ2n) is 5.78. The lowest BCUT2D eigenvalue weighted by atomic mass is 9.87. The quantitative estimate of drug-likeness (QED) is 0.730. The van der Waals surface area contributed by atoms with Gasteiger partial charge in [-0.2, -0.15) is 0 Å². The average molecular weight is 229 g/mol. The maximum Gasteiger partial charge on any atom is 0.0746 e. The Morgan fingerprint density at radius 2 is 2.00 bits per heavy atom. The SMILES string of the molecule is CC(C)CNCC(C)(O)CC1CCOCC1. The summed E-state index contributed by atoms with van der Waals surface area (Å²) < 4.78 is 5.33. The molecule has 16 heavy (non-hydrogen) atoms. The van der Waals surface area contributed by atoms with Crippen LogP contribution in [0.3, 0.4) is 0 Å². The fourth-order valence-electron chi connectivity index (χ4n) is 2.27. The van der Waals surface area contributed by atoms with E-state index in [1.807, 2.05) is 6.92 Å². The van der Waals surface area contributed by atoms with Crippen LogP contribution < -0.4 is 5.32 Å². The minimum Gasteiger partial charge on any atom is -0.389 e. The van der Waals surface area contributed by atoms with Crippen molar-refractivity contribution in [3.05, 3.63) is 0 Å². The highest BCUT2D eigenvalue weighted by Gasteiger charge is 2.26. The van der Waals surface area contributed by atoms with E-state index in [2.05, 4.69) is 19.2 Å². The summed E-state index contributed by atoms with van der Waals surface area (Å²) >= 11 is 0. The summed E-state index contributed by atoms with van der Waals surface area (Å²) in [4.78, 5) is 0. The lowest BCUT2D eigenvalue weighted by Gasteiger charge is -2.31. The van der Waals surface area contributed by atoms with Gasteiger partial charge in [0.1, 0.15) is 0 Å². The van der Waals surface area contributed by atoms with E-state index in [4.69, 9.17) is 4.74 Å². The highest BCUT2D eigenvalue weighted by Crippen LogP contribution is 2.24. The molecule has 3 nitrogen and oxygen atoms in total. The minimum absolute atomic E-state index is 0.573. The van der Waals surface area contributed by atoms with Crippen LogP contribution in [0, 0.1) is 11.8 Å². The standard InChI is InChI=1S/C13H27NO2/c1-11(2)9-14-10-13(3,15)8-12-4-6-16-7-5-12/h11-12,14-15H,4-10H2,1-3H3. The largest absolute Gasteiger partial charge is 0.389 e. The summed E-state index contributed by atoms with van der Waals surface area (Å²) in [6.07, 6.45) is 3.09. The Labute approximate surface area is 99.6 Å². The summed E-state index contributed by atoms with van der Waals surface area (Å²) in [6.45, 7) is 9.70. The van der Waals surface area contributed by atoms with Crippen LogP contribution in [0.25, 0.3) is 0 Å². The molecule has 1 heterocycles. The number of hydrogen-bond donors (Lipinski definition) is 2. The van der Waals surface area contributed by atoms with Crippen molar-refractivity contribution >= 4 is 0 Å². The molecule has 1 fully saturated rings. The van der Waals surface area contributed by atoms with Gasteiger partial charge in [0, 0.05) is 19.8 Å². The van der Waals surface area contributed by atoms with Gasteiger partial charge in [-0.3, -0.25) is 0 Å². The highest BCUT2D eigenvalue weighted by molar-refractivity contribution is 4.80. The summed E-state index contributed by atoms with van der Waals surface area (Å²) in [7, 11) is 0. The molecule has 96 valence electrons. The van der Waals surface area contributed by atoms with E-state index in [1.54, 1.807) is 0 Å². The van der Waals surface area contributed by atoms with Gasteiger partial charge in [0.15, 0.2) is 0 Å². The third-order valence-electron chi connectivity index (χ3n) is 3.13. The van der Waals surface area contributed by atoms with Crippen molar-refractivity contribution in [1.82, 2.24) is 5.32 Å². The van der Waals surface area contributed by atoms with Gasteiger partial charge in [-0.15, -0.1) is 0 Å². The molecule has 0 spiro atoms. The molecule has 0 amide bonds. The van der Waals surface area contributed by atoms with E-state index >= 15 is 0 Å². The van der Waals surface area contributed by atoms with Gasteiger partial charge in [-0.05, 0) is 44.6 Å². The normalized spacial score (nSPS) is 22.3. The molecule has 0 aromatic heterocycles. The van der Waals surface area contributed by atoms with Gasteiger partial charge in [0.05, 0.1) is 5.60 Å². The molecular weight excluding hydrogens is 202 g/mol. The maximum absolute atomic E-state index is 10.3. The number of rotatable bonds is 6. The Kier molecular flexibility index (Phi) is 5.73. The molecule has 1 aliphatic heterocycles. The highest BCUT2D eigenvalue weighted by atomic mass is 16.5. The Hall–Kier alpha value is -0.120. The maximum atomic E-state index is 10.3. The van der Waals surface area contributed by atoms with Crippen molar-refractivity contribution in [2.75, 3.05) is 26.3 Å².